The molecule has 0 atom stereocenters. The Labute approximate surface area is 71.3 Å². The molecule has 0 fully saturated rings. The first-order chi connectivity index (χ1) is 4.54. The third-order valence-electron chi connectivity index (χ3n) is 0.544. The van der Waals surface area contributed by atoms with Crippen LogP contribution >= 0.6 is 0 Å². The Hall–Kier alpha value is -0.0800. The molecule has 0 aromatic rings. The van der Waals surface area contributed by atoms with Gasteiger partial charge < -0.3 is 10.2 Å². The monoisotopic (exact) mass is 164 g/mol. The normalized spacial score (nSPS) is 8.73. The summed E-state index contributed by atoms with van der Waals surface area (Å²) in [6.07, 6.45) is 2.00. The standard InChI is InChI=1S/C6H14O.C3H8.H2O/c1-5(2)7-6(3)4;1-3-2;/h5-6H,1-4H3;3H2,1-2H3;1H2. The van der Waals surface area contributed by atoms with Gasteiger partial charge in [-0.15, -0.1) is 0 Å². The Kier molecular flexibility index (Phi) is 19.6. The summed E-state index contributed by atoms with van der Waals surface area (Å²) in [5.41, 5.74) is 0. The van der Waals surface area contributed by atoms with Gasteiger partial charge in [0.25, 0.3) is 0 Å². The summed E-state index contributed by atoms with van der Waals surface area (Å²) in [6.45, 7) is 12.4. The van der Waals surface area contributed by atoms with Gasteiger partial charge in [-0.1, -0.05) is 20.3 Å². The van der Waals surface area contributed by atoms with Gasteiger partial charge in [0, 0.05) is 0 Å². The lowest BCUT2D eigenvalue weighted by molar-refractivity contribution is 0.0300. The Bertz CT molecular complexity index is 45.5. The SMILES string of the molecule is CC(C)OC(C)C.CCC.O. The average Bonchev–Trinajstić information content (AvgIpc) is 1.62. The molecule has 2 heteroatoms. The highest BCUT2D eigenvalue weighted by Gasteiger charge is 1.94. The minimum Gasteiger partial charge on any atom is -0.412 e. The summed E-state index contributed by atoms with van der Waals surface area (Å²) >= 11 is 0. The topological polar surface area (TPSA) is 40.7 Å². The van der Waals surface area contributed by atoms with E-state index in [9.17, 15) is 0 Å². The van der Waals surface area contributed by atoms with E-state index in [0.29, 0.717) is 12.2 Å². The maximum absolute atomic E-state index is 5.25. The van der Waals surface area contributed by atoms with Gasteiger partial charge in [0.05, 0.1) is 12.2 Å². The molecule has 0 saturated carbocycles. The van der Waals surface area contributed by atoms with Crippen LogP contribution in [-0.4, -0.2) is 17.7 Å². The van der Waals surface area contributed by atoms with Crippen molar-refractivity contribution in [1.29, 1.82) is 0 Å². The van der Waals surface area contributed by atoms with Crippen molar-refractivity contribution in [3.63, 3.8) is 0 Å². The van der Waals surface area contributed by atoms with Crippen LogP contribution in [0.1, 0.15) is 48.0 Å². The van der Waals surface area contributed by atoms with Crippen molar-refractivity contribution in [2.24, 2.45) is 0 Å². The second-order valence-electron chi connectivity index (χ2n) is 2.94. The van der Waals surface area contributed by atoms with Crippen LogP contribution in [0.15, 0.2) is 0 Å². The van der Waals surface area contributed by atoms with E-state index in [1.165, 1.54) is 6.42 Å². The van der Waals surface area contributed by atoms with E-state index < -0.39 is 0 Å². The van der Waals surface area contributed by atoms with Gasteiger partial charge in [-0.2, -0.15) is 0 Å². The lowest BCUT2D eigenvalue weighted by Crippen LogP contribution is -2.09. The third-order valence-corrected chi connectivity index (χ3v) is 0.544. The van der Waals surface area contributed by atoms with Gasteiger partial charge in [-0.3, -0.25) is 0 Å². The zero-order chi connectivity index (χ0) is 8.57. The molecule has 0 aromatic carbocycles. The highest BCUT2D eigenvalue weighted by atomic mass is 16.5. The molecule has 2 nitrogen and oxygen atoms in total. The van der Waals surface area contributed by atoms with E-state index in [1.54, 1.807) is 0 Å². The molecule has 0 amide bonds. The first kappa shape index (κ1) is 17.1. The largest absolute Gasteiger partial charge is 0.412 e. The van der Waals surface area contributed by atoms with Crippen molar-refractivity contribution < 1.29 is 10.2 Å². The molecule has 11 heavy (non-hydrogen) atoms. The number of rotatable bonds is 2. The first-order valence-corrected chi connectivity index (χ1v) is 4.20. The van der Waals surface area contributed by atoms with Crippen LogP contribution < -0.4 is 0 Å². The van der Waals surface area contributed by atoms with E-state index in [4.69, 9.17) is 4.74 Å². The second kappa shape index (κ2) is 12.6. The van der Waals surface area contributed by atoms with Gasteiger partial charge >= 0.3 is 0 Å². The second-order valence-corrected chi connectivity index (χ2v) is 2.94. The van der Waals surface area contributed by atoms with Gasteiger partial charge in [0.15, 0.2) is 0 Å². The fourth-order valence-corrected chi connectivity index (χ4v) is 0.544. The van der Waals surface area contributed by atoms with Crippen LogP contribution in [0.2, 0.25) is 0 Å². The van der Waals surface area contributed by atoms with Crippen LogP contribution in [-0.2, 0) is 4.74 Å². The molecule has 0 heterocycles. The molecule has 0 unspecified atom stereocenters. The van der Waals surface area contributed by atoms with Gasteiger partial charge in [-0.05, 0) is 27.7 Å². The number of hydrogen-bond donors (Lipinski definition) is 0. The maximum Gasteiger partial charge on any atom is 0.0522 e. The fraction of sp³-hybridized carbons (Fsp3) is 1.00. The van der Waals surface area contributed by atoms with E-state index in [0.717, 1.165) is 0 Å². The van der Waals surface area contributed by atoms with Crippen molar-refractivity contribution in [2.45, 2.75) is 60.2 Å². The van der Waals surface area contributed by atoms with Crippen molar-refractivity contribution in [3.8, 4) is 0 Å². The van der Waals surface area contributed by atoms with Crippen molar-refractivity contribution in [1.82, 2.24) is 0 Å². The van der Waals surface area contributed by atoms with E-state index >= 15 is 0 Å². The molecular formula is C9H24O2. The molecule has 0 aliphatic rings. The highest BCUT2D eigenvalue weighted by Crippen LogP contribution is 1.93. The summed E-state index contributed by atoms with van der Waals surface area (Å²) in [5, 5.41) is 0. The minimum absolute atomic E-state index is 0. The third kappa shape index (κ3) is 40.5. The van der Waals surface area contributed by atoms with Crippen molar-refractivity contribution in [3.05, 3.63) is 0 Å². The smallest absolute Gasteiger partial charge is 0.0522 e. The predicted molar refractivity (Wildman–Crippen MR) is 50.9 cm³/mol. The van der Waals surface area contributed by atoms with Gasteiger partial charge in [0.1, 0.15) is 0 Å². The Balaban J connectivity index is -0.000000140. The van der Waals surface area contributed by atoms with Gasteiger partial charge in [-0.25, -0.2) is 0 Å². The minimum atomic E-state index is 0. The van der Waals surface area contributed by atoms with Crippen molar-refractivity contribution in [2.75, 3.05) is 0 Å². The van der Waals surface area contributed by atoms with Crippen molar-refractivity contribution >= 4 is 0 Å². The lowest BCUT2D eigenvalue weighted by Gasteiger charge is -2.09. The molecule has 0 aromatic heterocycles. The van der Waals surface area contributed by atoms with Crippen LogP contribution in [0.25, 0.3) is 0 Å². The zero-order valence-electron chi connectivity index (χ0n) is 8.77. The molecule has 72 valence electrons. The first-order valence-electron chi connectivity index (χ1n) is 4.20. The zero-order valence-corrected chi connectivity index (χ0v) is 8.77. The molecule has 0 aliphatic carbocycles. The number of ether oxygens (including phenoxy) is 1. The summed E-state index contributed by atoms with van der Waals surface area (Å²) in [6, 6.07) is 0. The molecule has 0 rings (SSSR count). The molecule has 0 aliphatic heterocycles. The fourth-order valence-electron chi connectivity index (χ4n) is 0.544. The Morgan fingerprint density at radius 3 is 1.09 bits per heavy atom. The Morgan fingerprint density at radius 1 is 0.909 bits per heavy atom. The molecular weight excluding hydrogens is 140 g/mol. The molecule has 0 saturated heterocycles. The molecule has 0 bridgehead atoms. The number of hydrogen-bond acceptors (Lipinski definition) is 1. The quantitative estimate of drug-likeness (QED) is 0.618. The van der Waals surface area contributed by atoms with E-state index in [2.05, 4.69) is 13.8 Å². The van der Waals surface area contributed by atoms with E-state index in [-0.39, 0.29) is 5.48 Å². The summed E-state index contributed by atoms with van der Waals surface area (Å²) in [5.74, 6) is 0. The van der Waals surface area contributed by atoms with Crippen LogP contribution in [0.3, 0.4) is 0 Å². The molecule has 0 radical (unpaired) electrons. The van der Waals surface area contributed by atoms with Gasteiger partial charge in [0.2, 0.25) is 0 Å². The van der Waals surface area contributed by atoms with Crippen LogP contribution in [0, 0.1) is 0 Å². The summed E-state index contributed by atoms with van der Waals surface area (Å²) < 4.78 is 5.25. The maximum atomic E-state index is 5.25. The van der Waals surface area contributed by atoms with Crippen LogP contribution in [0.5, 0.6) is 0 Å². The predicted octanol–water partition coefficient (Wildman–Crippen LogP) is 2.41. The van der Waals surface area contributed by atoms with Crippen LogP contribution in [0.4, 0.5) is 0 Å². The summed E-state index contributed by atoms with van der Waals surface area (Å²) in [7, 11) is 0. The highest BCUT2D eigenvalue weighted by molar-refractivity contribution is 4.40. The van der Waals surface area contributed by atoms with E-state index in [1.807, 2.05) is 27.7 Å². The molecule has 0 spiro atoms. The lowest BCUT2D eigenvalue weighted by atomic mass is 10.4. The molecule has 2 N–H and O–H groups in total. The Morgan fingerprint density at radius 2 is 1.09 bits per heavy atom. The average molecular weight is 164 g/mol. The summed E-state index contributed by atoms with van der Waals surface area (Å²) in [4.78, 5) is 0.